The van der Waals surface area contributed by atoms with Crippen molar-refractivity contribution in [1.82, 2.24) is 4.90 Å². The smallest absolute Gasteiger partial charge is 0.177 e. The number of nitrogens with zero attached hydrogens (tertiary/aromatic N) is 1. The highest BCUT2D eigenvalue weighted by atomic mass is 32.2. The fourth-order valence-electron chi connectivity index (χ4n) is 2.23. The van der Waals surface area contributed by atoms with Gasteiger partial charge >= 0.3 is 0 Å². The van der Waals surface area contributed by atoms with E-state index < -0.39 is 9.84 Å². The second-order valence-electron chi connectivity index (χ2n) is 5.17. The van der Waals surface area contributed by atoms with Gasteiger partial charge in [-0.25, -0.2) is 8.42 Å². The van der Waals surface area contributed by atoms with Gasteiger partial charge in [0.15, 0.2) is 15.6 Å². The highest BCUT2D eigenvalue weighted by Crippen LogP contribution is 2.13. The molecule has 0 saturated carbocycles. The predicted molar refractivity (Wildman–Crippen MR) is 75.3 cm³/mol. The van der Waals surface area contributed by atoms with Crippen LogP contribution in [-0.4, -0.2) is 50.2 Å². The number of carbonyl (C=O) groups is 1. The summed E-state index contributed by atoms with van der Waals surface area (Å²) in [6, 6.07) is 5.83. The van der Waals surface area contributed by atoms with E-state index in [1.54, 1.807) is 0 Å². The highest BCUT2D eigenvalue weighted by molar-refractivity contribution is 7.91. The summed E-state index contributed by atoms with van der Waals surface area (Å²) >= 11 is 0. The molecule has 0 radical (unpaired) electrons. The molecule has 1 fully saturated rings. The molecule has 1 aliphatic rings. The number of ketones is 1. The van der Waals surface area contributed by atoms with Crippen LogP contribution in [0, 0.1) is 13.8 Å². The van der Waals surface area contributed by atoms with Gasteiger partial charge < -0.3 is 0 Å². The van der Waals surface area contributed by atoms with Crippen molar-refractivity contribution in [2.75, 3.05) is 31.1 Å². The Morgan fingerprint density at radius 2 is 1.84 bits per heavy atom. The van der Waals surface area contributed by atoms with Crippen LogP contribution >= 0.6 is 0 Å². The molecule has 0 unspecified atom stereocenters. The van der Waals surface area contributed by atoms with Gasteiger partial charge in [0.25, 0.3) is 0 Å². The second kappa shape index (κ2) is 5.43. The lowest BCUT2D eigenvalue weighted by Gasteiger charge is -2.25. The van der Waals surface area contributed by atoms with Crippen LogP contribution in [0.5, 0.6) is 0 Å². The molecule has 0 spiro atoms. The maximum absolute atomic E-state index is 12.3. The van der Waals surface area contributed by atoms with Crippen LogP contribution in [0.15, 0.2) is 18.2 Å². The van der Waals surface area contributed by atoms with Crippen LogP contribution in [0.25, 0.3) is 0 Å². The molecule has 5 heteroatoms. The molecule has 0 amide bonds. The van der Waals surface area contributed by atoms with Gasteiger partial charge in [0.2, 0.25) is 0 Å². The minimum atomic E-state index is -2.88. The zero-order valence-corrected chi connectivity index (χ0v) is 12.2. The van der Waals surface area contributed by atoms with E-state index in [1.807, 2.05) is 36.9 Å². The summed E-state index contributed by atoms with van der Waals surface area (Å²) in [6.07, 6.45) is 0. The number of aryl methyl sites for hydroxylation is 2. The molecule has 1 heterocycles. The standard InChI is InChI=1S/C14H19NO3S/c1-11-3-4-12(2)13(9-11)14(16)10-15-5-7-19(17,18)8-6-15/h3-4,9H,5-8,10H2,1-2H3. The Morgan fingerprint density at radius 1 is 1.21 bits per heavy atom. The summed E-state index contributed by atoms with van der Waals surface area (Å²) < 4.78 is 22.7. The first-order chi connectivity index (χ1) is 8.87. The molecule has 104 valence electrons. The van der Waals surface area contributed by atoms with Crippen molar-refractivity contribution >= 4 is 15.6 Å². The van der Waals surface area contributed by atoms with Crippen LogP contribution in [0.2, 0.25) is 0 Å². The largest absolute Gasteiger partial charge is 0.294 e. The van der Waals surface area contributed by atoms with Crippen molar-refractivity contribution < 1.29 is 13.2 Å². The molecule has 1 aliphatic heterocycles. The Bertz CT molecular complexity index is 579. The van der Waals surface area contributed by atoms with Crippen molar-refractivity contribution in [2.45, 2.75) is 13.8 Å². The third-order valence-electron chi connectivity index (χ3n) is 3.50. The quantitative estimate of drug-likeness (QED) is 0.782. The van der Waals surface area contributed by atoms with Crippen LogP contribution in [0.4, 0.5) is 0 Å². The zero-order valence-electron chi connectivity index (χ0n) is 11.3. The summed E-state index contributed by atoms with van der Waals surface area (Å²) in [6.45, 7) is 5.11. The van der Waals surface area contributed by atoms with E-state index in [0.29, 0.717) is 19.6 Å². The highest BCUT2D eigenvalue weighted by Gasteiger charge is 2.23. The van der Waals surface area contributed by atoms with E-state index in [-0.39, 0.29) is 17.3 Å². The number of hydrogen-bond donors (Lipinski definition) is 0. The van der Waals surface area contributed by atoms with Crippen molar-refractivity contribution in [2.24, 2.45) is 0 Å². The number of carbonyl (C=O) groups excluding carboxylic acids is 1. The number of Topliss-reactive ketones (excluding diaryl/α,β-unsaturated/α-hetero) is 1. The van der Waals surface area contributed by atoms with E-state index in [1.165, 1.54) is 0 Å². The number of hydrogen-bond acceptors (Lipinski definition) is 4. The number of benzene rings is 1. The van der Waals surface area contributed by atoms with Crippen LogP contribution in [0.1, 0.15) is 21.5 Å². The van der Waals surface area contributed by atoms with Gasteiger partial charge in [-0.1, -0.05) is 17.7 Å². The van der Waals surface area contributed by atoms with Crippen molar-refractivity contribution in [3.05, 3.63) is 34.9 Å². The first kappa shape index (κ1) is 14.2. The van der Waals surface area contributed by atoms with Gasteiger partial charge in [0.1, 0.15) is 0 Å². The number of rotatable bonds is 3. The lowest BCUT2D eigenvalue weighted by molar-refractivity contribution is 0.0935. The molecule has 0 N–H and O–H groups in total. The molecule has 4 nitrogen and oxygen atoms in total. The normalized spacial score (nSPS) is 19.3. The molecule has 1 aromatic carbocycles. The summed E-state index contributed by atoms with van der Waals surface area (Å²) in [5.74, 6) is 0.390. The molecule has 0 aromatic heterocycles. The summed E-state index contributed by atoms with van der Waals surface area (Å²) in [4.78, 5) is 14.2. The van der Waals surface area contributed by atoms with Gasteiger partial charge in [0, 0.05) is 18.7 Å². The van der Waals surface area contributed by atoms with Crippen LogP contribution in [0.3, 0.4) is 0 Å². The van der Waals surface area contributed by atoms with Gasteiger partial charge in [-0.15, -0.1) is 0 Å². The minimum Gasteiger partial charge on any atom is -0.294 e. The van der Waals surface area contributed by atoms with Gasteiger partial charge in [-0.2, -0.15) is 0 Å². The second-order valence-corrected chi connectivity index (χ2v) is 7.47. The predicted octanol–water partition coefficient (Wildman–Crippen LogP) is 1.22. The molecule has 0 bridgehead atoms. The lowest BCUT2D eigenvalue weighted by atomic mass is 10.0. The van der Waals surface area contributed by atoms with E-state index >= 15 is 0 Å². The molecule has 1 saturated heterocycles. The summed E-state index contributed by atoms with van der Waals surface area (Å²) in [7, 11) is -2.88. The van der Waals surface area contributed by atoms with Crippen molar-refractivity contribution in [3.8, 4) is 0 Å². The average molecular weight is 281 g/mol. The molecule has 0 aliphatic carbocycles. The Hall–Kier alpha value is -1.20. The summed E-state index contributed by atoms with van der Waals surface area (Å²) in [5, 5.41) is 0. The Balaban J connectivity index is 2.04. The van der Waals surface area contributed by atoms with Gasteiger partial charge in [-0.05, 0) is 25.5 Å². The van der Waals surface area contributed by atoms with Crippen molar-refractivity contribution in [3.63, 3.8) is 0 Å². The van der Waals surface area contributed by atoms with E-state index in [2.05, 4.69) is 0 Å². The summed E-state index contributed by atoms with van der Waals surface area (Å²) in [5.41, 5.74) is 2.78. The van der Waals surface area contributed by atoms with Crippen LogP contribution < -0.4 is 0 Å². The maximum atomic E-state index is 12.3. The number of sulfone groups is 1. The zero-order chi connectivity index (χ0) is 14.0. The van der Waals surface area contributed by atoms with Crippen LogP contribution in [-0.2, 0) is 9.84 Å². The molecule has 19 heavy (non-hydrogen) atoms. The molecular weight excluding hydrogens is 262 g/mol. The molecule has 1 aromatic rings. The Labute approximate surface area is 114 Å². The Morgan fingerprint density at radius 3 is 2.47 bits per heavy atom. The first-order valence-corrected chi connectivity index (χ1v) is 8.23. The third-order valence-corrected chi connectivity index (χ3v) is 5.11. The van der Waals surface area contributed by atoms with Gasteiger partial charge in [-0.3, -0.25) is 9.69 Å². The maximum Gasteiger partial charge on any atom is 0.177 e. The van der Waals surface area contributed by atoms with E-state index in [0.717, 1.165) is 16.7 Å². The van der Waals surface area contributed by atoms with Gasteiger partial charge in [0.05, 0.1) is 18.1 Å². The Kier molecular flexibility index (Phi) is 4.06. The molecular formula is C14H19NO3S. The van der Waals surface area contributed by atoms with E-state index in [9.17, 15) is 13.2 Å². The molecule has 0 atom stereocenters. The minimum absolute atomic E-state index is 0.0699. The van der Waals surface area contributed by atoms with Crippen molar-refractivity contribution in [1.29, 1.82) is 0 Å². The van der Waals surface area contributed by atoms with E-state index in [4.69, 9.17) is 0 Å². The fraction of sp³-hybridized carbons (Fsp3) is 0.500. The third kappa shape index (κ3) is 3.64. The average Bonchev–Trinajstić information content (AvgIpc) is 2.35. The first-order valence-electron chi connectivity index (χ1n) is 6.41. The molecule has 2 rings (SSSR count). The fourth-order valence-corrected chi connectivity index (χ4v) is 3.51. The topological polar surface area (TPSA) is 54.5 Å². The monoisotopic (exact) mass is 281 g/mol. The SMILES string of the molecule is Cc1ccc(C)c(C(=O)CN2CCS(=O)(=O)CC2)c1. The lowest BCUT2D eigenvalue weighted by Crippen LogP contribution is -2.42.